The normalized spacial score (nSPS) is 19.7. The molecule has 4 nitrogen and oxygen atoms in total. The van der Waals surface area contributed by atoms with Gasteiger partial charge in [-0.25, -0.2) is 0 Å². The second-order valence-electron chi connectivity index (χ2n) is 6.77. The zero-order chi connectivity index (χ0) is 15.6. The molecule has 1 N–H and O–H groups in total. The smallest absolute Gasteiger partial charge is 0.323 e. The van der Waals surface area contributed by atoms with Crippen LogP contribution in [0.4, 0.5) is 0 Å². The average Bonchev–Trinajstić information content (AvgIpc) is 2.40. The molecule has 0 radical (unpaired) electrons. The van der Waals surface area contributed by atoms with E-state index in [1.54, 1.807) is 0 Å². The Kier molecular flexibility index (Phi) is 4.35. The van der Waals surface area contributed by atoms with Crippen molar-refractivity contribution in [3.8, 4) is 0 Å². The summed E-state index contributed by atoms with van der Waals surface area (Å²) >= 11 is 0. The monoisotopic (exact) mass is 289 g/mol. The van der Waals surface area contributed by atoms with Crippen LogP contribution in [0.5, 0.6) is 0 Å². The largest absolute Gasteiger partial charge is 0.480 e. The number of benzene rings is 1. The zero-order valence-electron chi connectivity index (χ0n) is 12.9. The number of carboxylic acid groups (broad SMARTS) is 1. The molecule has 1 heterocycles. The number of aliphatic carboxylic acids is 1. The molecule has 1 aliphatic rings. The Morgan fingerprint density at radius 3 is 2.38 bits per heavy atom. The Labute approximate surface area is 125 Å². The molecule has 114 valence electrons. The van der Waals surface area contributed by atoms with Crippen LogP contribution in [0, 0.1) is 0 Å². The van der Waals surface area contributed by atoms with E-state index in [0.29, 0.717) is 13.0 Å². The van der Waals surface area contributed by atoms with Gasteiger partial charge >= 0.3 is 5.97 Å². The lowest BCUT2D eigenvalue weighted by atomic mass is 9.83. The van der Waals surface area contributed by atoms with E-state index in [1.165, 1.54) is 16.0 Å². The Morgan fingerprint density at radius 1 is 1.29 bits per heavy atom. The fourth-order valence-corrected chi connectivity index (χ4v) is 2.75. The van der Waals surface area contributed by atoms with Crippen LogP contribution in [0.3, 0.4) is 0 Å². The molecule has 1 fully saturated rings. The van der Waals surface area contributed by atoms with E-state index in [4.69, 9.17) is 5.11 Å². The Balaban J connectivity index is 2.04. The highest BCUT2D eigenvalue weighted by atomic mass is 16.4. The minimum Gasteiger partial charge on any atom is -0.480 e. The van der Waals surface area contributed by atoms with Crippen molar-refractivity contribution in [3.63, 3.8) is 0 Å². The molecule has 21 heavy (non-hydrogen) atoms. The van der Waals surface area contributed by atoms with Crippen molar-refractivity contribution in [1.82, 2.24) is 4.90 Å². The predicted octanol–water partition coefficient (Wildman–Crippen LogP) is 2.77. The zero-order valence-corrected chi connectivity index (χ0v) is 12.9. The number of rotatable bonds is 3. The van der Waals surface area contributed by atoms with Gasteiger partial charge in [0.15, 0.2) is 0 Å². The van der Waals surface area contributed by atoms with Gasteiger partial charge in [0.2, 0.25) is 5.91 Å². The van der Waals surface area contributed by atoms with Crippen LogP contribution in [0.2, 0.25) is 0 Å². The Bertz CT molecular complexity index is 528. The van der Waals surface area contributed by atoms with Gasteiger partial charge < -0.3 is 10.0 Å². The highest BCUT2D eigenvalue weighted by molar-refractivity contribution is 5.82. The molecular formula is C17H23NO3. The summed E-state index contributed by atoms with van der Waals surface area (Å²) in [5.74, 6) is -0.804. The number of piperidine rings is 1. The standard InChI is InChI=1S/C17H23NO3/c1-17(2,3)14-6-4-12(5-7-14)13-8-9-18(11-16(20)21)15(19)10-13/h4-7,13H,8-11H2,1-3H3,(H,20,21). The highest BCUT2D eigenvalue weighted by Crippen LogP contribution is 2.30. The second-order valence-corrected chi connectivity index (χ2v) is 6.77. The lowest BCUT2D eigenvalue weighted by molar-refractivity contribution is -0.145. The van der Waals surface area contributed by atoms with Crippen molar-refractivity contribution < 1.29 is 14.7 Å². The van der Waals surface area contributed by atoms with Crippen molar-refractivity contribution in [2.24, 2.45) is 0 Å². The lowest BCUT2D eigenvalue weighted by Gasteiger charge is -2.31. The third-order valence-corrected chi connectivity index (χ3v) is 4.10. The summed E-state index contributed by atoms with van der Waals surface area (Å²) in [6.45, 7) is 6.87. The van der Waals surface area contributed by atoms with E-state index in [1.807, 2.05) is 0 Å². The number of carbonyl (C=O) groups is 2. The van der Waals surface area contributed by atoms with Gasteiger partial charge in [-0.05, 0) is 28.9 Å². The minimum absolute atomic E-state index is 0.0615. The first kappa shape index (κ1) is 15.5. The van der Waals surface area contributed by atoms with Gasteiger partial charge in [0, 0.05) is 13.0 Å². The van der Waals surface area contributed by atoms with E-state index in [9.17, 15) is 9.59 Å². The van der Waals surface area contributed by atoms with E-state index in [2.05, 4.69) is 45.0 Å². The van der Waals surface area contributed by atoms with Gasteiger partial charge in [-0.2, -0.15) is 0 Å². The quantitative estimate of drug-likeness (QED) is 0.931. The average molecular weight is 289 g/mol. The van der Waals surface area contributed by atoms with Gasteiger partial charge in [-0.15, -0.1) is 0 Å². The van der Waals surface area contributed by atoms with Crippen LogP contribution in [0.1, 0.15) is 50.7 Å². The van der Waals surface area contributed by atoms with Crippen molar-refractivity contribution in [3.05, 3.63) is 35.4 Å². The van der Waals surface area contributed by atoms with Crippen LogP contribution in [-0.4, -0.2) is 35.0 Å². The molecule has 1 atom stereocenters. The number of hydrogen-bond acceptors (Lipinski definition) is 2. The summed E-state index contributed by atoms with van der Waals surface area (Å²) in [5, 5.41) is 8.78. The molecule has 1 saturated heterocycles. The molecule has 0 spiro atoms. The Hall–Kier alpha value is -1.84. The Morgan fingerprint density at radius 2 is 1.90 bits per heavy atom. The molecule has 2 rings (SSSR count). The molecule has 4 heteroatoms. The van der Waals surface area contributed by atoms with E-state index in [-0.39, 0.29) is 23.8 Å². The van der Waals surface area contributed by atoms with Crippen LogP contribution in [-0.2, 0) is 15.0 Å². The summed E-state index contributed by atoms with van der Waals surface area (Å²) < 4.78 is 0. The van der Waals surface area contributed by atoms with Gasteiger partial charge in [-0.1, -0.05) is 45.0 Å². The molecular weight excluding hydrogens is 266 g/mol. The fourth-order valence-electron chi connectivity index (χ4n) is 2.75. The maximum Gasteiger partial charge on any atom is 0.323 e. The van der Waals surface area contributed by atoms with E-state index >= 15 is 0 Å². The molecule has 0 aliphatic carbocycles. The maximum absolute atomic E-state index is 12.0. The van der Waals surface area contributed by atoms with Crippen molar-refractivity contribution >= 4 is 11.9 Å². The molecule has 0 saturated carbocycles. The molecule has 1 amide bonds. The highest BCUT2D eigenvalue weighted by Gasteiger charge is 2.28. The number of likely N-dealkylation sites (tertiary alicyclic amines) is 1. The van der Waals surface area contributed by atoms with Gasteiger partial charge in [-0.3, -0.25) is 9.59 Å². The number of carboxylic acids is 1. The van der Waals surface area contributed by atoms with Crippen LogP contribution in [0.15, 0.2) is 24.3 Å². The van der Waals surface area contributed by atoms with Gasteiger partial charge in [0.05, 0.1) is 0 Å². The summed E-state index contributed by atoms with van der Waals surface area (Å²) in [5.41, 5.74) is 2.58. The first-order valence-corrected chi connectivity index (χ1v) is 7.37. The molecule has 0 bridgehead atoms. The van der Waals surface area contributed by atoms with Crippen molar-refractivity contribution in [2.45, 2.75) is 44.9 Å². The number of carbonyl (C=O) groups excluding carboxylic acids is 1. The second kappa shape index (κ2) is 5.88. The number of amides is 1. The van der Waals surface area contributed by atoms with E-state index < -0.39 is 5.97 Å². The summed E-state index contributed by atoms with van der Waals surface area (Å²) in [4.78, 5) is 24.1. The van der Waals surface area contributed by atoms with Crippen LogP contribution in [0.25, 0.3) is 0 Å². The third-order valence-electron chi connectivity index (χ3n) is 4.10. The summed E-state index contributed by atoms with van der Waals surface area (Å²) in [7, 11) is 0. The first-order chi connectivity index (χ1) is 9.77. The van der Waals surface area contributed by atoms with Gasteiger partial charge in [0.1, 0.15) is 6.54 Å². The number of nitrogens with zero attached hydrogens (tertiary/aromatic N) is 1. The van der Waals surface area contributed by atoms with Crippen LogP contribution < -0.4 is 0 Å². The molecule has 0 aromatic heterocycles. The molecule has 1 aromatic rings. The SMILES string of the molecule is CC(C)(C)c1ccc(C2CCN(CC(=O)O)C(=O)C2)cc1. The summed E-state index contributed by atoms with van der Waals surface area (Å²) in [6.07, 6.45) is 1.23. The first-order valence-electron chi connectivity index (χ1n) is 7.37. The van der Waals surface area contributed by atoms with Crippen molar-refractivity contribution in [1.29, 1.82) is 0 Å². The summed E-state index contributed by atoms with van der Waals surface area (Å²) in [6, 6.07) is 8.46. The molecule has 1 aromatic carbocycles. The number of hydrogen-bond donors (Lipinski definition) is 1. The minimum atomic E-state index is -0.948. The fraction of sp³-hybridized carbons (Fsp3) is 0.529. The van der Waals surface area contributed by atoms with E-state index in [0.717, 1.165) is 6.42 Å². The molecule has 1 unspecified atom stereocenters. The van der Waals surface area contributed by atoms with Crippen molar-refractivity contribution in [2.75, 3.05) is 13.1 Å². The lowest BCUT2D eigenvalue weighted by Crippen LogP contribution is -2.41. The van der Waals surface area contributed by atoms with Crippen LogP contribution >= 0.6 is 0 Å². The maximum atomic E-state index is 12.0. The van der Waals surface area contributed by atoms with Gasteiger partial charge in [0.25, 0.3) is 0 Å². The topological polar surface area (TPSA) is 57.6 Å². The molecule has 1 aliphatic heterocycles. The predicted molar refractivity (Wildman–Crippen MR) is 81.3 cm³/mol. The third kappa shape index (κ3) is 3.84.